The third kappa shape index (κ3) is 3.29. The lowest BCUT2D eigenvalue weighted by Gasteiger charge is -2.05. The molecule has 0 radical (unpaired) electrons. The summed E-state index contributed by atoms with van der Waals surface area (Å²) in [6.07, 6.45) is 0. The first-order valence-electron chi connectivity index (χ1n) is 4.42. The molecule has 2 N–H and O–H groups in total. The third-order valence-electron chi connectivity index (χ3n) is 1.76. The number of hydrogen-bond acceptors (Lipinski definition) is 2. The molecule has 0 heterocycles. The predicted molar refractivity (Wildman–Crippen MR) is 60.3 cm³/mol. The van der Waals surface area contributed by atoms with E-state index in [2.05, 4.69) is 11.9 Å². The fraction of sp³-hybridized carbons (Fsp3) is 0.182. The number of benzene rings is 1. The summed E-state index contributed by atoms with van der Waals surface area (Å²) in [6.45, 7) is 5.92. The van der Waals surface area contributed by atoms with Crippen molar-refractivity contribution in [3.05, 3.63) is 40.9 Å². The molecular weight excluding hydrogens is 214 g/mol. The molecule has 0 saturated carbocycles. The Morgan fingerprint density at radius 2 is 2.27 bits per heavy atom. The molecule has 80 valence electrons. The average molecular weight is 226 g/mol. The van der Waals surface area contributed by atoms with Gasteiger partial charge in [0.25, 0.3) is 5.91 Å². The number of amides is 1. The van der Waals surface area contributed by atoms with Crippen molar-refractivity contribution in [3.63, 3.8) is 0 Å². The number of halogens is 1. The number of hydrogen-bond donors (Lipinski definition) is 2. The van der Waals surface area contributed by atoms with Crippen LogP contribution < -0.4 is 5.32 Å². The van der Waals surface area contributed by atoms with Gasteiger partial charge in [0.05, 0.1) is 5.02 Å². The molecule has 1 aromatic carbocycles. The molecule has 0 atom stereocenters. The smallest absolute Gasteiger partial charge is 0.251 e. The highest BCUT2D eigenvalue weighted by molar-refractivity contribution is 6.32. The van der Waals surface area contributed by atoms with Crippen LogP contribution in [0.25, 0.3) is 0 Å². The molecule has 1 amide bonds. The van der Waals surface area contributed by atoms with Crippen molar-refractivity contribution in [2.75, 3.05) is 6.54 Å². The van der Waals surface area contributed by atoms with Crippen molar-refractivity contribution in [2.24, 2.45) is 0 Å². The van der Waals surface area contributed by atoms with Crippen molar-refractivity contribution in [1.29, 1.82) is 0 Å². The summed E-state index contributed by atoms with van der Waals surface area (Å²) in [5.41, 5.74) is 1.28. The van der Waals surface area contributed by atoms with Crippen LogP contribution in [-0.2, 0) is 0 Å². The van der Waals surface area contributed by atoms with Crippen LogP contribution in [0.2, 0.25) is 5.02 Å². The van der Waals surface area contributed by atoms with E-state index in [1.807, 2.05) is 6.92 Å². The molecule has 1 aromatic rings. The van der Waals surface area contributed by atoms with Gasteiger partial charge in [-0.3, -0.25) is 4.79 Å². The molecule has 0 saturated heterocycles. The monoisotopic (exact) mass is 225 g/mol. The van der Waals surface area contributed by atoms with Gasteiger partial charge in [0.2, 0.25) is 0 Å². The number of aromatic hydroxyl groups is 1. The maximum Gasteiger partial charge on any atom is 0.251 e. The predicted octanol–water partition coefficient (Wildman–Crippen LogP) is 2.35. The summed E-state index contributed by atoms with van der Waals surface area (Å²) in [7, 11) is 0. The van der Waals surface area contributed by atoms with Crippen molar-refractivity contribution in [2.45, 2.75) is 6.92 Å². The van der Waals surface area contributed by atoms with E-state index in [1.54, 1.807) is 0 Å². The number of carbonyl (C=O) groups excluding carboxylic acids is 1. The molecule has 0 unspecified atom stereocenters. The fourth-order valence-corrected chi connectivity index (χ4v) is 1.16. The second-order valence-corrected chi connectivity index (χ2v) is 3.71. The Hall–Kier alpha value is -1.48. The van der Waals surface area contributed by atoms with Crippen LogP contribution in [0.15, 0.2) is 30.4 Å². The summed E-state index contributed by atoms with van der Waals surface area (Å²) >= 11 is 5.67. The van der Waals surface area contributed by atoms with Crippen molar-refractivity contribution in [1.82, 2.24) is 5.32 Å². The van der Waals surface area contributed by atoms with E-state index < -0.39 is 0 Å². The summed E-state index contributed by atoms with van der Waals surface area (Å²) in [6, 6.07) is 4.32. The van der Waals surface area contributed by atoms with Crippen molar-refractivity contribution >= 4 is 17.5 Å². The minimum atomic E-state index is -0.236. The van der Waals surface area contributed by atoms with Crippen molar-refractivity contribution in [3.8, 4) is 5.75 Å². The summed E-state index contributed by atoms with van der Waals surface area (Å²) in [5.74, 6) is -0.270. The first-order valence-corrected chi connectivity index (χ1v) is 4.79. The Bertz CT molecular complexity index is 402. The van der Waals surface area contributed by atoms with Gasteiger partial charge in [0, 0.05) is 12.1 Å². The number of rotatable bonds is 3. The summed E-state index contributed by atoms with van der Waals surface area (Å²) in [4.78, 5) is 11.5. The Kier molecular flexibility index (Phi) is 3.74. The zero-order valence-electron chi connectivity index (χ0n) is 8.38. The van der Waals surface area contributed by atoms with Crippen LogP contribution in [0.1, 0.15) is 17.3 Å². The van der Waals surface area contributed by atoms with Gasteiger partial charge in [-0.25, -0.2) is 0 Å². The van der Waals surface area contributed by atoms with Gasteiger partial charge in [-0.1, -0.05) is 23.8 Å². The van der Waals surface area contributed by atoms with Gasteiger partial charge in [-0.15, -0.1) is 0 Å². The van der Waals surface area contributed by atoms with E-state index >= 15 is 0 Å². The molecule has 0 aliphatic carbocycles. The quantitative estimate of drug-likeness (QED) is 0.776. The normalized spacial score (nSPS) is 9.73. The lowest BCUT2D eigenvalue weighted by Crippen LogP contribution is -2.24. The molecule has 0 bridgehead atoms. The Morgan fingerprint density at radius 3 is 2.80 bits per heavy atom. The second kappa shape index (κ2) is 4.84. The van der Waals surface area contributed by atoms with E-state index in [9.17, 15) is 4.79 Å². The molecule has 4 heteroatoms. The van der Waals surface area contributed by atoms with Gasteiger partial charge in [-0.2, -0.15) is 0 Å². The maximum absolute atomic E-state index is 11.5. The minimum Gasteiger partial charge on any atom is -0.506 e. The zero-order chi connectivity index (χ0) is 11.4. The molecule has 0 spiro atoms. The largest absolute Gasteiger partial charge is 0.506 e. The fourth-order valence-electron chi connectivity index (χ4n) is 0.981. The van der Waals surface area contributed by atoms with Crippen LogP contribution >= 0.6 is 11.6 Å². The van der Waals surface area contributed by atoms with E-state index in [4.69, 9.17) is 16.7 Å². The van der Waals surface area contributed by atoms with E-state index in [0.29, 0.717) is 12.1 Å². The van der Waals surface area contributed by atoms with Gasteiger partial charge in [-0.05, 0) is 25.1 Å². The molecule has 3 nitrogen and oxygen atoms in total. The average Bonchev–Trinajstić information content (AvgIpc) is 2.18. The van der Waals surface area contributed by atoms with E-state index in [-0.39, 0.29) is 16.7 Å². The highest BCUT2D eigenvalue weighted by Crippen LogP contribution is 2.23. The Labute approximate surface area is 93.4 Å². The number of carbonyl (C=O) groups is 1. The highest BCUT2D eigenvalue weighted by Gasteiger charge is 2.07. The lowest BCUT2D eigenvalue weighted by molar-refractivity contribution is 0.0957. The molecule has 0 aromatic heterocycles. The van der Waals surface area contributed by atoms with E-state index in [0.717, 1.165) is 5.57 Å². The summed E-state index contributed by atoms with van der Waals surface area (Å²) in [5, 5.41) is 12.0. The number of phenols is 1. The van der Waals surface area contributed by atoms with Gasteiger partial charge >= 0.3 is 0 Å². The Morgan fingerprint density at radius 1 is 1.60 bits per heavy atom. The first-order chi connectivity index (χ1) is 7.00. The lowest BCUT2D eigenvalue weighted by atomic mass is 10.2. The number of phenolic OH excluding ortho intramolecular Hbond substituents is 1. The van der Waals surface area contributed by atoms with Gasteiger partial charge < -0.3 is 10.4 Å². The van der Waals surface area contributed by atoms with Crippen LogP contribution in [0.3, 0.4) is 0 Å². The second-order valence-electron chi connectivity index (χ2n) is 3.31. The molecule has 0 aliphatic rings. The molecule has 0 fully saturated rings. The van der Waals surface area contributed by atoms with Gasteiger partial charge in [0.15, 0.2) is 0 Å². The third-order valence-corrected chi connectivity index (χ3v) is 2.06. The number of nitrogens with one attached hydrogen (secondary N) is 1. The van der Waals surface area contributed by atoms with Gasteiger partial charge in [0.1, 0.15) is 5.75 Å². The maximum atomic E-state index is 11.5. The Balaban J connectivity index is 2.74. The van der Waals surface area contributed by atoms with E-state index in [1.165, 1.54) is 18.2 Å². The molecule has 0 aliphatic heterocycles. The standard InChI is InChI=1S/C11H12ClNO2/c1-7(2)6-13-11(15)8-3-4-10(14)9(12)5-8/h3-5,14H,1,6H2,2H3,(H,13,15). The topological polar surface area (TPSA) is 49.3 Å². The zero-order valence-corrected chi connectivity index (χ0v) is 9.14. The molecule has 1 rings (SSSR count). The minimum absolute atomic E-state index is 0.0342. The molecule has 15 heavy (non-hydrogen) atoms. The molecular formula is C11H12ClNO2. The van der Waals surface area contributed by atoms with Crippen molar-refractivity contribution < 1.29 is 9.90 Å². The van der Waals surface area contributed by atoms with Crippen LogP contribution in [-0.4, -0.2) is 17.6 Å². The highest BCUT2D eigenvalue weighted by atomic mass is 35.5. The first kappa shape index (κ1) is 11.6. The van der Waals surface area contributed by atoms with Crippen LogP contribution in [0.4, 0.5) is 0 Å². The summed E-state index contributed by atoms with van der Waals surface area (Å²) < 4.78 is 0. The SMILES string of the molecule is C=C(C)CNC(=O)c1ccc(O)c(Cl)c1. The van der Waals surface area contributed by atoms with Crippen LogP contribution in [0.5, 0.6) is 5.75 Å². The van der Waals surface area contributed by atoms with Crippen LogP contribution in [0, 0.1) is 0 Å².